The number of carbonyl (C=O) groups is 3. The van der Waals surface area contributed by atoms with Crippen molar-refractivity contribution >= 4 is 71.4 Å². The molecular formula is C46H57N7O9S3. The van der Waals surface area contributed by atoms with Gasteiger partial charge in [-0.3, -0.25) is 23.8 Å². The number of benzene rings is 2. The zero-order valence-electron chi connectivity index (χ0n) is 37.5. The van der Waals surface area contributed by atoms with E-state index < -0.39 is 66.3 Å². The van der Waals surface area contributed by atoms with Crippen LogP contribution >= 0.6 is 11.3 Å². The van der Waals surface area contributed by atoms with Gasteiger partial charge < -0.3 is 25.0 Å². The second-order valence-electron chi connectivity index (χ2n) is 18.4. The van der Waals surface area contributed by atoms with E-state index in [0.717, 1.165) is 30.4 Å². The van der Waals surface area contributed by atoms with E-state index >= 15 is 4.79 Å². The maximum Gasteiger partial charge on any atom is 0.259 e. The number of pyridine rings is 1. The van der Waals surface area contributed by atoms with E-state index in [1.54, 1.807) is 38.3 Å². The van der Waals surface area contributed by atoms with Crippen LogP contribution in [0, 0.1) is 12.8 Å². The van der Waals surface area contributed by atoms with Gasteiger partial charge in [0.2, 0.25) is 31.9 Å². The number of sulfonamides is 2. The Morgan fingerprint density at radius 2 is 1.78 bits per heavy atom. The van der Waals surface area contributed by atoms with Crippen molar-refractivity contribution in [1.82, 2.24) is 24.9 Å². The summed E-state index contributed by atoms with van der Waals surface area (Å²) in [6, 6.07) is 10.2. The van der Waals surface area contributed by atoms with Gasteiger partial charge in [0.25, 0.3) is 5.91 Å². The number of nitrogens with zero attached hydrogens (tertiary/aromatic N) is 3. The molecule has 2 saturated carbocycles. The smallest absolute Gasteiger partial charge is 0.259 e. The highest BCUT2D eigenvalue weighted by Gasteiger charge is 2.63. The van der Waals surface area contributed by atoms with Crippen molar-refractivity contribution in [3.05, 3.63) is 71.3 Å². The van der Waals surface area contributed by atoms with Crippen molar-refractivity contribution in [1.29, 1.82) is 0 Å². The first-order chi connectivity index (χ1) is 30.8. The quantitative estimate of drug-likeness (QED) is 0.114. The highest BCUT2D eigenvalue weighted by molar-refractivity contribution is 7.92. The minimum Gasteiger partial charge on any atom is -0.496 e. The summed E-state index contributed by atoms with van der Waals surface area (Å²) in [6.45, 7) is 7.66. The van der Waals surface area contributed by atoms with E-state index in [4.69, 9.17) is 19.4 Å². The second-order valence-corrected chi connectivity index (χ2v) is 23.2. The van der Waals surface area contributed by atoms with Gasteiger partial charge in [0.05, 0.1) is 41.6 Å². The lowest BCUT2D eigenvalue weighted by Gasteiger charge is -2.30. The molecule has 2 aromatic carbocycles. The number of carbonyl (C=O) groups excluding carboxylic acids is 3. The molecule has 0 radical (unpaired) electrons. The van der Waals surface area contributed by atoms with Crippen molar-refractivity contribution in [2.24, 2.45) is 5.92 Å². The van der Waals surface area contributed by atoms with Gasteiger partial charge in [-0.05, 0) is 88.6 Å². The summed E-state index contributed by atoms with van der Waals surface area (Å²) in [7, 11) is -6.01. The van der Waals surface area contributed by atoms with E-state index in [0.29, 0.717) is 76.6 Å². The van der Waals surface area contributed by atoms with Crippen LogP contribution in [0.4, 0.5) is 11.4 Å². The maximum absolute atomic E-state index is 15.1. The van der Waals surface area contributed by atoms with Crippen LogP contribution in [0.5, 0.6) is 11.5 Å². The van der Waals surface area contributed by atoms with Crippen molar-refractivity contribution in [2.45, 2.75) is 120 Å². The number of fused-ring (bicyclic) bond motifs is 3. The molecule has 0 bridgehead atoms. The molecule has 4 aromatic rings. The number of anilines is 2. The van der Waals surface area contributed by atoms with Crippen molar-refractivity contribution < 1.29 is 40.7 Å². The molecule has 3 amide bonds. The summed E-state index contributed by atoms with van der Waals surface area (Å²) >= 11 is 1.48. The zero-order chi connectivity index (χ0) is 46.5. The number of aryl methyl sites for hydroxylation is 1. The summed E-state index contributed by atoms with van der Waals surface area (Å²) in [5.74, 6) is -0.921. The third-order valence-electron chi connectivity index (χ3n) is 13.0. The molecule has 1 saturated heterocycles. The zero-order valence-corrected chi connectivity index (χ0v) is 39.9. The van der Waals surface area contributed by atoms with Crippen molar-refractivity contribution in [3.8, 4) is 22.2 Å². The number of hydrogen-bond acceptors (Lipinski definition) is 13. The minimum absolute atomic E-state index is 0.00305. The van der Waals surface area contributed by atoms with Gasteiger partial charge in [0, 0.05) is 40.4 Å². The number of hydrogen-bond donors (Lipinski definition) is 4. The predicted octanol–water partition coefficient (Wildman–Crippen LogP) is 6.39. The Balaban J connectivity index is 1.16. The van der Waals surface area contributed by atoms with E-state index in [1.807, 2.05) is 42.7 Å². The number of rotatable bonds is 12. The third kappa shape index (κ3) is 9.82. The predicted molar refractivity (Wildman–Crippen MR) is 251 cm³/mol. The molecule has 4 N–H and O–H groups in total. The number of allylic oxidation sites excluding steroid dienone is 1. The van der Waals surface area contributed by atoms with Crippen LogP contribution < -0.4 is 29.6 Å². The van der Waals surface area contributed by atoms with Crippen LogP contribution in [0.1, 0.15) is 95.7 Å². The van der Waals surface area contributed by atoms with Gasteiger partial charge in [-0.2, -0.15) is 0 Å². The Morgan fingerprint density at radius 1 is 1.02 bits per heavy atom. The van der Waals surface area contributed by atoms with Gasteiger partial charge >= 0.3 is 0 Å². The van der Waals surface area contributed by atoms with E-state index in [2.05, 4.69) is 33.9 Å². The van der Waals surface area contributed by atoms with Crippen LogP contribution in [-0.4, -0.2) is 97.8 Å². The fourth-order valence-corrected chi connectivity index (χ4v) is 11.5. The van der Waals surface area contributed by atoms with E-state index in [-0.39, 0.29) is 31.2 Å². The lowest BCUT2D eigenvalue weighted by atomic mass is 10.0. The molecule has 5 atom stereocenters. The third-order valence-corrected chi connectivity index (χ3v) is 16.6. The average Bonchev–Trinajstić information content (AvgIpc) is 4.02. The molecule has 2 aliphatic carbocycles. The fourth-order valence-electron chi connectivity index (χ4n) is 8.69. The Hall–Kier alpha value is -5.27. The first kappa shape index (κ1) is 46.3. The Bertz CT molecular complexity index is 2770. The molecule has 0 unspecified atom stereocenters. The molecular weight excluding hydrogens is 891 g/mol. The average molecular weight is 948 g/mol. The number of ether oxygens (including phenoxy) is 2. The van der Waals surface area contributed by atoms with Crippen LogP contribution in [0.2, 0.25) is 0 Å². The first-order valence-electron chi connectivity index (χ1n) is 22.1. The molecule has 4 heterocycles. The molecule has 8 rings (SSSR count). The Kier molecular flexibility index (Phi) is 12.7. The lowest BCUT2D eigenvalue weighted by Crippen LogP contribution is -2.58. The van der Waals surface area contributed by atoms with Crippen molar-refractivity contribution in [2.75, 3.05) is 29.9 Å². The maximum atomic E-state index is 15.1. The van der Waals surface area contributed by atoms with Gasteiger partial charge in [-0.15, -0.1) is 11.3 Å². The number of aromatic nitrogens is 2. The van der Waals surface area contributed by atoms with Gasteiger partial charge in [0.1, 0.15) is 45.9 Å². The lowest BCUT2D eigenvalue weighted by molar-refractivity contribution is -0.140. The summed E-state index contributed by atoms with van der Waals surface area (Å²) < 4.78 is 67.1. The number of methoxy groups -OCH3 is 1. The monoisotopic (exact) mass is 947 g/mol. The molecule has 16 nitrogen and oxygen atoms in total. The minimum atomic E-state index is -4.02. The highest BCUT2D eigenvalue weighted by Crippen LogP contribution is 2.48. The standard InChI is InChI=1S/C46H57N7O9S3/c1-27(2)36-26-63-42(49-36)35-23-39(33-17-18-38(61-5)28(3)40(33)48-35)62-32-22-37-41(54)50-46(44(56)52-65(59,60)45(4)19-20-45)24-29(46)13-10-8-7-9-11-16-34(43(55)53(37)25-32)47-30-14-12-15-31(21-30)51-64(6,57)58/h10,12-15,17-18,21,23,26-27,29,32,34,37,47,51H,7-9,11,16,19-20,22,24-25H2,1-6H3,(H,50,54)(H,52,56)/t29-,32-,34+,37+,46-/m1/s1. The molecule has 65 heavy (non-hydrogen) atoms. The largest absolute Gasteiger partial charge is 0.496 e. The first-order valence-corrected chi connectivity index (χ1v) is 26.4. The van der Waals surface area contributed by atoms with Gasteiger partial charge in [-0.1, -0.05) is 44.9 Å². The number of nitrogens with one attached hydrogen (secondary N) is 4. The summed E-state index contributed by atoms with van der Waals surface area (Å²) in [5, 5.41) is 9.71. The molecule has 0 spiro atoms. The molecule has 19 heteroatoms. The van der Waals surface area contributed by atoms with Crippen LogP contribution in [0.3, 0.4) is 0 Å². The Morgan fingerprint density at radius 3 is 2.49 bits per heavy atom. The number of amides is 3. The second kappa shape index (κ2) is 17.8. The molecule has 2 aromatic heterocycles. The van der Waals surface area contributed by atoms with E-state index in [9.17, 15) is 26.4 Å². The molecule has 3 fully saturated rings. The molecule has 2 aliphatic heterocycles. The SMILES string of the molecule is COc1ccc2c(O[C@@H]3C[C@H]4C(=O)N[C@]5(C(=O)NS(=O)(=O)C6(C)CC6)C[C@H]5C=CCCCCC[C@H](Nc5cccc(NS(C)(=O)=O)c5)C(=O)N4C3)cc(-c3nc(C(C)C)cs3)nc2c1C. The fraction of sp³-hybridized carbons (Fsp3) is 0.500. The normalized spacial score (nSPS) is 24.6. The van der Waals surface area contributed by atoms with Crippen LogP contribution in [-0.2, 0) is 34.4 Å². The Labute approximate surface area is 384 Å². The van der Waals surface area contributed by atoms with Crippen LogP contribution in [0.15, 0.2) is 60.0 Å². The van der Waals surface area contributed by atoms with Gasteiger partial charge in [-0.25, -0.2) is 26.8 Å². The summed E-state index contributed by atoms with van der Waals surface area (Å²) in [5.41, 5.74) is 2.24. The molecule has 4 aliphatic rings. The molecule has 348 valence electrons. The summed E-state index contributed by atoms with van der Waals surface area (Å²) in [4.78, 5) is 55.4. The van der Waals surface area contributed by atoms with Crippen molar-refractivity contribution in [3.63, 3.8) is 0 Å². The number of thiazole rings is 1. The topological polar surface area (TPSA) is 215 Å². The van der Waals surface area contributed by atoms with E-state index in [1.165, 1.54) is 16.2 Å². The summed E-state index contributed by atoms with van der Waals surface area (Å²) in [6.07, 6.45) is 8.63. The van der Waals surface area contributed by atoms with Crippen LogP contribution in [0.25, 0.3) is 21.6 Å². The van der Waals surface area contributed by atoms with Gasteiger partial charge in [0.15, 0.2) is 0 Å². The highest BCUT2D eigenvalue weighted by atomic mass is 32.2.